The van der Waals surface area contributed by atoms with Gasteiger partial charge in [-0.2, -0.15) is 0 Å². The molecule has 1 aromatic rings. The van der Waals surface area contributed by atoms with Gasteiger partial charge >= 0.3 is 0 Å². The number of nitrogens with two attached hydrogens (primary N) is 1. The molecule has 0 spiro atoms. The molecule has 86 valence electrons. The first-order chi connectivity index (χ1) is 7.71. The fraction of sp³-hybridized carbons (Fsp3) is 0.571. The minimum absolute atomic E-state index is 0.0802. The van der Waals surface area contributed by atoms with Crippen LogP contribution in [0.5, 0.6) is 5.75 Å². The lowest BCUT2D eigenvalue weighted by Crippen LogP contribution is -2.35. The number of benzene rings is 1. The van der Waals surface area contributed by atoms with Gasteiger partial charge in [0.2, 0.25) is 0 Å². The smallest absolute Gasteiger partial charge is 0.122 e. The molecule has 0 radical (unpaired) electrons. The molecule has 2 aliphatic rings. The van der Waals surface area contributed by atoms with E-state index in [2.05, 4.69) is 19.1 Å². The van der Waals surface area contributed by atoms with Gasteiger partial charge in [-0.15, -0.1) is 0 Å². The monoisotopic (exact) mass is 217 g/mol. The topological polar surface area (TPSA) is 35.2 Å². The number of rotatable bonds is 1. The highest BCUT2D eigenvalue weighted by molar-refractivity contribution is 5.50. The van der Waals surface area contributed by atoms with Crippen LogP contribution in [0.3, 0.4) is 0 Å². The Kier molecular flexibility index (Phi) is 2.21. The average Bonchev–Trinajstić information content (AvgIpc) is 2.86. The fourth-order valence-corrected chi connectivity index (χ4v) is 3.34. The van der Waals surface area contributed by atoms with Gasteiger partial charge in [0.25, 0.3) is 0 Å². The largest absolute Gasteiger partial charge is 0.493 e. The van der Waals surface area contributed by atoms with Crippen molar-refractivity contribution in [1.82, 2.24) is 0 Å². The predicted octanol–water partition coefficient (Wildman–Crippen LogP) is 2.66. The summed E-state index contributed by atoms with van der Waals surface area (Å²) in [7, 11) is 0. The number of hydrogen-bond donors (Lipinski definition) is 1. The van der Waals surface area contributed by atoms with Crippen LogP contribution in [0.4, 0.5) is 0 Å². The molecule has 0 unspecified atom stereocenters. The highest BCUT2D eigenvalue weighted by Gasteiger charge is 2.36. The van der Waals surface area contributed by atoms with Crippen molar-refractivity contribution in [3.8, 4) is 5.75 Å². The lowest BCUT2D eigenvalue weighted by atomic mass is 9.82. The van der Waals surface area contributed by atoms with Crippen molar-refractivity contribution in [2.75, 3.05) is 6.61 Å². The number of ether oxygens (including phenoxy) is 1. The van der Waals surface area contributed by atoms with Crippen molar-refractivity contribution in [3.05, 3.63) is 28.8 Å². The van der Waals surface area contributed by atoms with Gasteiger partial charge in [0.1, 0.15) is 5.75 Å². The average molecular weight is 217 g/mol. The molecule has 2 heteroatoms. The van der Waals surface area contributed by atoms with Crippen LogP contribution in [0.15, 0.2) is 12.1 Å². The van der Waals surface area contributed by atoms with Gasteiger partial charge in [0.15, 0.2) is 0 Å². The highest BCUT2D eigenvalue weighted by atomic mass is 16.5. The van der Waals surface area contributed by atoms with Crippen LogP contribution in [-0.4, -0.2) is 6.61 Å². The lowest BCUT2D eigenvalue weighted by Gasteiger charge is -2.28. The number of hydrogen-bond acceptors (Lipinski definition) is 2. The van der Waals surface area contributed by atoms with Crippen LogP contribution in [0, 0.1) is 6.92 Å². The Hall–Kier alpha value is -1.02. The van der Waals surface area contributed by atoms with Crippen LogP contribution in [0.25, 0.3) is 0 Å². The third-order valence-electron chi connectivity index (χ3n) is 4.08. The van der Waals surface area contributed by atoms with Gasteiger partial charge in [-0.25, -0.2) is 0 Å². The predicted molar refractivity (Wildman–Crippen MR) is 64.7 cm³/mol. The summed E-state index contributed by atoms with van der Waals surface area (Å²) in [5, 5.41) is 0. The molecule has 1 aromatic carbocycles. The summed E-state index contributed by atoms with van der Waals surface area (Å²) in [6, 6.07) is 4.26. The molecule has 1 saturated carbocycles. The maximum absolute atomic E-state index is 6.60. The second kappa shape index (κ2) is 3.49. The first-order valence-electron chi connectivity index (χ1n) is 6.25. The molecular weight excluding hydrogens is 198 g/mol. The summed E-state index contributed by atoms with van der Waals surface area (Å²) in [6.45, 7) is 3.00. The van der Waals surface area contributed by atoms with Crippen molar-refractivity contribution in [3.63, 3.8) is 0 Å². The number of aryl methyl sites for hydroxylation is 1. The van der Waals surface area contributed by atoms with Gasteiger partial charge in [0, 0.05) is 17.5 Å². The molecular formula is C14H19NO. The van der Waals surface area contributed by atoms with E-state index < -0.39 is 0 Å². The molecule has 0 atom stereocenters. The van der Waals surface area contributed by atoms with Crippen molar-refractivity contribution in [1.29, 1.82) is 0 Å². The zero-order valence-corrected chi connectivity index (χ0v) is 9.88. The first kappa shape index (κ1) is 10.2. The van der Waals surface area contributed by atoms with Crippen LogP contribution in [0.2, 0.25) is 0 Å². The molecule has 1 heterocycles. The Bertz CT molecular complexity index is 419. The Morgan fingerprint density at radius 2 is 2.00 bits per heavy atom. The van der Waals surface area contributed by atoms with Gasteiger partial charge in [-0.1, -0.05) is 18.9 Å². The number of fused-ring (bicyclic) bond motifs is 1. The van der Waals surface area contributed by atoms with Crippen molar-refractivity contribution >= 4 is 0 Å². The molecule has 1 fully saturated rings. The molecule has 16 heavy (non-hydrogen) atoms. The van der Waals surface area contributed by atoms with Gasteiger partial charge in [-0.3, -0.25) is 0 Å². The van der Waals surface area contributed by atoms with Gasteiger partial charge in [-0.05, 0) is 37.0 Å². The normalized spacial score (nSPS) is 21.9. The Labute approximate surface area is 96.8 Å². The second-order valence-corrected chi connectivity index (χ2v) is 5.20. The molecule has 2 N–H and O–H groups in total. The molecule has 1 aliphatic heterocycles. The summed E-state index contributed by atoms with van der Waals surface area (Å²) in [6.07, 6.45) is 5.82. The van der Waals surface area contributed by atoms with Gasteiger partial charge in [0.05, 0.1) is 6.61 Å². The third-order valence-corrected chi connectivity index (χ3v) is 4.08. The van der Waals surface area contributed by atoms with E-state index in [-0.39, 0.29) is 5.54 Å². The van der Waals surface area contributed by atoms with E-state index in [1.54, 1.807) is 0 Å². The van der Waals surface area contributed by atoms with Crippen LogP contribution in [0.1, 0.15) is 42.4 Å². The Balaban J connectivity index is 2.15. The van der Waals surface area contributed by atoms with E-state index in [9.17, 15) is 0 Å². The van der Waals surface area contributed by atoms with E-state index in [1.807, 2.05) is 0 Å². The molecule has 0 saturated heterocycles. The van der Waals surface area contributed by atoms with E-state index in [0.29, 0.717) is 0 Å². The van der Waals surface area contributed by atoms with Crippen molar-refractivity contribution in [2.45, 2.75) is 44.6 Å². The van der Waals surface area contributed by atoms with Crippen LogP contribution in [-0.2, 0) is 12.0 Å². The fourth-order valence-electron chi connectivity index (χ4n) is 3.34. The van der Waals surface area contributed by atoms with E-state index in [4.69, 9.17) is 10.5 Å². The zero-order valence-electron chi connectivity index (χ0n) is 9.88. The quantitative estimate of drug-likeness (QED) is 0.785. The van der Waals surface area contributed by atoms with E-state index >= 15 is 0 Å². The third kappa shape index (κ3) is 1.36. The summed E-state index contributed by atoms with van der Waals surface area (Å²) in [5.41, 5.74) is 10.6. The molecule has 3 rings (SSSR count). The standard InChI is InChI=1S/C14H19NO/c1-10-4-5-12-11(6-9-16-12)13(10)14(15)7-2-3-8-14/h4-5H,2-3,6-9,15H2,1H3. The molecule has 2 nitrogen and oxygen atoms in total. The lowest BCUT2D eigenvalue weighted by molar-refractivity contribution is 0.356. The Morgan fingerprint density at radius 3 is 2.75 bits per heavy atom. The van der Waals surface area contributed by atoms with Gasteiger partial charge < -0.3 is 10.5 Å². The molecule has 0 amide bonds. The summed E-state index contributed by atoms with van der Waals surface area (Å²) < 4.78 is 5.64. The summed E-state index contributed by atoms with van der Waals surface area (Å²) in [4.78, 5) is 0. The zero-order chi connectivity index (χ0) is 11.2. The minimum atomic E-state index is -0.0802. The second-order valence-electron chi connectivity index (χ2n) is 5.20. The highest BCUT2D eigenvalue weighted by Crippen LogP contribution is 2.43. The molecule has 0 bridgehead atoms. The summed E-state index contributed by atoms with van der Waals surface area (Å²) >= 11 is 0. The SMILES string of the molecule is Cc1ccc2c(c1C1(N)CCCC1)CCO2. The minimum Gasteiger partial charge on any atom is -0.493 e. The van der Waals surface area contributed by atoms with Crippen LogP contribution >= 0.6 is 0 Å². The molecule has 0 aromatic heterocycles. The van der Waals surface area contributed by atoms with Crippen molar-refractivity contribution in [2.24, 2.45) is 5.73 Å². The first-order valence-corrected chi connectivity index (χ1v) is 6.25. The van der Waals surface area contributed by atoms with Crippen molar-refractivity contribution < 1.29 is 4.74 Å². The maximum atomic E-state index is 6.60. The van der Waals surface area contributed by atoms with E-state index in [1.165, 1.54) is 29.5 Å². The summed E-state index contributed by atoms with van der Waals surface area (Å²) in [5.74, 6) is 1.07. The molecule has 1 aliphatic carbocycles. The van der Waals surface area contributed by atoms with E-state index in [0.717, 1.165) is 31.6 Å². The Morgan fingerprint density at radius 1 is 1.25 bits per heavy atom. The van der Waals surface area contributed by atoms with Crippen LogP contribution < -0.4 is 10.5 Å². The maximum Gasteiger partial charge on any atom is 0.122 e.